The van der Waals surface area contributed by atoms with Crippen LogP contribution in [0.2, 0.25) is 0 Å². The largest absolute Gasteiger partial charge is 0.452 e. The molecule has 0 aliphatic carbocycles. The zero-order valence-corrected chi connectivity index (χ0v) is 17.0. The minimum atomic E-state index is -0.706. The molecule has 9 nitrogen and oxygen atoms in total. The molecule has 0 bridgehead atoms. The number of aryl methyl sites for hydroxylation is 3. The Morgan fingerprint density at radius 3 is 2.37 bits per heavy atom. The summed E-state index contributed by atoms with van der Waals surface area (Å²) in [6.07, 6.45) is 0. The van der Waals surface area contributed by atoms with Crippen molar-refractivity contribution in [2.24, 2.45) is 0 Å². The number of ether oxygens (including phenoxy) is 1. The van der Waals surface area contributed by atoms with Gasteiger partial charge in [-0.2, -0.15) is 0 Å². The van der Waals surface area contributed by atoms with Gasteiger partial charge in [0.2, 0.25) is 0 Å². The third-order valence-corrected chi connectivity index (χ3v) is 4.82. The molecule has 0 radical (unpaired) electrons. The minimum Gasteiger partial charge on any atom is -0.452 e. The first-order valence-electron chi connectivity index (χ1n) is 9.14. The molecule has 30 heavy (non-hydrogen) atoms. The molecule has 0 atom stereocenters. The molecule has 3 rings (SSSR count). The Kier molecular flexibility index (Phi) is 5.72. The van der Waals surface area contributed by atoms with Crippen LogP contribution in [0.1, 0.15) is 32.9 Å². The van der Waals surface area contributed by atoms with Crippen LogP contribution in [0.4, 0.5) is 11.4 Å². The van der Waals surface area contributed by atoms with E-state index in [4.69, 9.17) is 4.74 Å². The lowest BCUT2D eigenvalue weighted by Crippen LogP contribution is -2.22. The number of amides is 1. The average molecular weight is 408 g/mol. The lowest BCUT2D eigenvalue weighted by Gasteiger charge is -2.11. The van der Waals surface area contributed by atoms with Crippen LogP contribution in [0.15, 0.2) is 30.3 Å². The molecule has 1 N–H and O–H groups in total. The molecular formula is C21H20N4O5. The van der Waals surface area contributed by atoms with Crippen molar-refractivity contribution in [3.05, 3.63) is 68.5 Å². The number of nitrogens with one attached hydrogen (secondary N) is 1. The average Bonchev–Trinajstić information content (AvgIpc) is 2.70. The van der Waals surface area contributed by atoms with Gasteiger partial charge in [0.15, 0.2) is 6.61 Å². The van der Waals surface area contributed by atoms with Crippen LogP contribution in [0.25, 0.3) is 11.0 Å². The highest BCUT2D eigenvalue weighted by Crippen LogP contribution is 2.30. The lowest BCUT2D eigenvalue weighted by molar-refractivity contribution is -0.384. The fraction of sp³-hybridized carbons (Fsp3) is 0.238. The van der Waals surface area contributed by atoms with Gasteiger partial charge in [0.05, 0.1) is 32.9 Å². The summed E-state index contributed by atoms with van der Waals surface area (Å²) in [6, 6.07) is 7.68. The van der Waals surface area contributed by atoms with Crippen molar-refractivity contribution in [2.45, 2.75) is 27.7 Å². The number of aromatic nitrogens is 2. The number of benzene rings is 2. The second-order valence-corrected chi connectivity index (χ2v) is 6.88. The number of hydrogen-bond donors (Lipinski definition) is 1. The van der Waals surface area contributed by atoms with Crippen LogP contribution in [0.3, 0.4) is 0 Å². The Morgan fingerprint density at radius 1 is 1.03 bits per heavy atom. The highest BCUT2D eigenvalue weighted by atomic mass is 16.6. The van der Waals surface area contributed by atoms with Gasteiger partial charge in [-0.15, -0.1) is 0 Å². The van der Waals surface area contributed by atoms with Crippen LogP contribution in [0, 0.1) is 37.8 Å². The highest BCUT2D eigenvalue weighted by Gasteiger charge is 2.20. The smallest absolute Gasteiger partial charge is 0.338 e. The van der Waals surface area contributed by atoms with Crippen molar-refractivity contribution in [3.63, 3.8) is 0 Å². The van der Waals surface area contributed by atoms with E-state index >= 15 is 0 Å². The van der Waals surface area contributed by atoms with E-state index in [1.807, 2.05) is 13.8 Å². The Morgan fingerprint density at radius 2 is 1.70 bits per heavy atom. The number of nitro groups is 1. The Labute approximate surface area is 172 Å². The summed E-state index contributed by atoms with van der Waals surface area (Å²) < 4.78 is 5.07. The third-order valence-electron chi connectivity index (χ3n) is 4.82. The number of anilines is 1. The van der Waals surface area contributed by atoms with Gasteiger partial charge in [-0.1, -0.05) is 6.07 Å². The summed E-state index contributed by atoms with van der Waals surface area (Å²) in [5, 5.41) is 13.7. The van der Waals surface area contributed by atoms with Crippen molar-refractivity contribution < 1.29 is 19.2 Å². The molecule has 0 saturated heterocycles. The number of rotatable bonds is 5. The van der Waals surface area contributed by atoms with Crippen molar-refractivity contribution in [1.82, 2.24) is 9.97 Å². The second-order valence-electron chi connectivity index (χ2n) is 6.88. The molecule has 0 fully saturated rings. The molecule has 154 valence electrons. The summed E-state index contributed by atoms with van der Waals surface area (Å²) in [7, 11) is 0. The number of esters is 1. The summed E-state index contributed by atoms with van der Waals surface area (Å²) in [5.41, 5.74) is 4.20. The molecule has 0 aliphatic heterocycles. The monoisotopic (exact) mass is 408 g/mol. The van der Waals surface area contributed by atoms with Crippen molar-refractivity contribution in [1.29, 1.82) is 0 Å². The number of hydrogen-bond acceptors (Lipinski definition) is 7. The lowest BCUT2D eigenvalue weighted by atomic mass is 10.1. The maximum absolute atomic E-state index is 12.3. The summed E-state index contributed by atoms with van der Waals surface area (Å²) in [6.45, 7) is 6.54. The molecule has 1 aromatic heterocycles. The van der Waals surface area contributed by atoms with Crippen LogP contribution in [-0.2, 0) is 9.53 Å². The predicted molar refractivity (Wildman–Crippen MR) is 110 cm³/mol. The molecule has 0 unspecified atom stereocenters. The van der Waals surface area contributed by atoms with Gasteiger partial charge in [-0.3, -0.25) is 14.9 Å². The van der Waals surface area contributed by atoms with Crippen molar-refractivity contribution in [3.8, 4) is 0 Å². The van der Waals surface area contributed by atoms with E-state index in [0.717, 1.165) is 17.0 Å². The van der Waals surface area contributed by atoms with Crippen LogP contribution >= 0.6 is 0 Å². The van der Waals surface area contributed by atoms with Crippen molar-refractivity contribution >= 4 is 34.3 Å². The number of nitro benzene ring substituents is 1. The molecule has 1 amide bonds. The Balaban J connectivity index is 1.72. The molecule has 0 saturated carbocycles. The van der Waals surface area contributed by atoms with Gasteiger partial charge in [0.1, 0.15) is 5.69 Å². The Bertz CT molecular complexity index is 1190. The first-order chi connectivity index (χ1) is 14.2. The number of carbonyl (C=O) groups is 2. The quantitative estimate of drug-likeness (QED) is 0.389. The van der Waals surface area contributed by atoms with Gasteiger partial charge in [-0.05, 0) is 57.0 Å². The van der Waals surface area contributed by atoms with Gasteiger partial charge in [-0.25, -0.2) is 14.8 Å². The van der Waals surface area contributed by atoms with E-state index in [9.17, 15) is 19.7 Å². The molecule has 2 aromatic carbocycles. The van der Waals surface area contributed by atoms with Crippen LogP contribution in [0.5, 0.6) is 0 Å². The fourth-order valence-electron chi connectivity index (χ4n) is 2.86. The highest BCUT2D eigenvalue weighted by molar-refractivity contribution is 5.98. The van der Waals surface area contributed by atoms with Gasteiger partial charge >= 0.3 is 5.97 Å². The molecule has 3 aromatic rings. The van der Waals surface area contributed by atoms with E-state index in [2.05, 4.69) is 15.3 Å². The summed E-state index contributed by atoms with van der Waals surface area (Å²) in [5.74, 6) is -1.38. The molecule has 9 heteroatoms. The zero-order chi connectivity index (χ0) is 22.0. The first kappa shape index (κ1) is 20.8. The predicted octanol–water partition coefficient (Wildman–Crippen LogP) is 3.57. The number of fused-ring (bicyclic) bond motifs is 1. The standard InChI is InChI=1S/C21H20N4O5/c1-11-5-8-18(25(28)29)20(12(11)2)24-19(26)10-30-21(27)15-6-7-16-17(9-15)23-14(4)13(3)22-16/h5-9H,10H2,1-4H3,(H,24,26). The third kappa shape index (κ3) is 4.24. The fourth-order valence-corrected chi connectivity index (χ4v) is 2.86. The summed E-state index contributed by atoms with van der Waals surface area (Å²) >= 11 is 0. The molecule has 0 spiro atoms. The second kappa shape index (κ2) is 8.24. The van der Waals surface area contributed by atoms with Gasteiger partial charge < -0.3 is 10.1 Å². The van der Waals surface area contributed by atoms with E-state index < -0.39 is 23.4 Å². The number of carbonyl (C=O) groups excluding carboxylic acids is 2. The van der Waals surface area contributed by atoms with E-state index in [1.54, 1.807) is 38.1 Å². The van der Waals surface area contributed by atoms with Crippen LogP contribution in [-0.4, -0.2) is 33.4 Å². The van der Waals surface area contributed by atoms with Crippen molar-refractivity contribution in [2.75, 3.05) is 11.9 Å². The zero-order valence-electron chi connectivity index (χ0n) is 17.0. The molecule has 0 aliphatic rings. The van der Waals surface area contributed by atoms with Gasteiger partial charge in [0.25, 0.3) is 11.6 Å². The number of nitrogens with zero attached hydrogens (tertiary/aromatic N) is 3. The first-order valence-corrected chi connectivity index (χ1v) is 9.14. The van der Waals surface area contributed by atoms with Gasteiger partial charge in [0, 0.05) is 6.07 Å². The maximum Gasteiger partial charge on any atom is 0.338 e. The van der Waals surface area contributed by atoms with E-state index in [-0.39, 0.29) is 16.9 Å². The summed E-state index contributed by atoms with van der Waals surface area (Å²) in [4.78, 5) is 44.0. The normalized spacial score (nSPS) is 10.7. The molecular weight excluding hydrogens is 388 g/mol. The van der Waals surface area contributed by atoms with E-state index in [0.29, 0.717) is 16.6 Å². The topological polar surface area (TPSA) is 124 Å². The SMILES string of the molecule is Cc1ccc([N+](=O)[O-])c(NC(=O)COC(=O)c2ccc3nc(C)c(C)nc3c2)c1C. The van der Waals surface area contributed by atoms with E-state index in [1.165, 1.54) is 6.07 Å². The maximum atomic E-state index is 12.3. The Hall–Kier alpha value is -3.88. The van der Waals surface area contributed by atoms with Crippen LogP contribution < -0.4 is 5.32 Å². The minimum absolute atomic E-state index is 0.0906. The molecule has 1 heterocycles.